The van der Waals surface area contributed by atoms with Gasteiger partial charge in [0.2, 0.25) is 17.7 Å². The van der Waals surface area contributed by atoms with Crippen molar-refractivity contribution in [3.05, 3.63) is 101 Å². The molecule has 5 fully saturated rings. The lowest BCUT2D eigenvalue weighted by Crippen LogP contribution is -2.54. The van der Waals surface area contributed by atoms with Crippen LogP contribution in [0.1, 0.15) is 94.7 Å². The van der Waals surface area contributed by atoms with Crippen molar-refractivity contribution in [3.8, 4) is 39.2 Å². The van der Waals surface area contributed by atoms with Gasteiger partial charge in [-0.1, -0.05) is 38.1 Å². The Morgan fingerprint density at radius 2 is 1.68 bits per heavy atom. The summed E-state index contributed by atoms with van der Waals surface area (Å²) in [6.45, 7) is 11.8. The molecule has 8 heterocycles. The Bertz CT molecular complexity index is 3080. The maximum absolute atomic E-state index is 15.3. The Balaban J connectivity index is 0.603. The van der Waals surface area contributed by atoms with Gasteiger partial charge < -0.3 is 54.7 Å². The Morgan fingerprint density at radius 3 is 2.41 bits per heavy atom. The molecule has 78 heavy (non-hydrogen) atoms. The molecule has 1 aliphatic carbocycles. The number of pyridine rings is 1. The average molecular weight is 1090 g/mol. The summed E-state index contributed by atoms with van der Waals surface area (Å²) < 4.78 is 40.0. The van der Waals surface area contributed by atoms with E-state index in [0.29, 0.717) is 53.0 Å². The van der Waals surface area contributed by atoms with E-state index in [2.05, 4.69) is 57.5 Å². The zero-order chi connectivity index (χ0) is 54.2. The Labute approximate surface area is 456 Å². The van der Waals surface area contributed by atoms with Crippen LogP contribution in [0.4, 0.5) is 21.6 Å². The van der Waals surface area contributed by atoms with E-state index in [1.54, 1.807) is 42.8 Å². The van der Waals surface area contributed by atoms with Crippen molar-refractivity contribution in [3.63, 3.8) is 0 Å². The number of fused-ring (bicyclic) bond motifs is 2. The number of aromatic nitrogens is 5. The molecule has 1 unspecified atom stereocenters. The average Bonchev–Trinajstić information content (AvgIpc) is 4.35. The number of likely N-dealkylation sites (tertiary alicyclic amines) is 2. The summed E-state index contributed by atoms with van der Waals surface area (Å²) in [7, 11) is 0. The number of nitrogen functional groups attached to an aromatic ring is 1. The predicted octanol–water partition coefficient (Wildman–Crippen LogP) is 7.29. The van der Waals surface area contributed by atoms with Gasteiger partial charge in [0.1, 0.15) is 36.2 Å². The SMILES string of the molecule is Cc1ncsc1-c1ccc([C@H](C)NC(=O)[C@@H]2C[C@@H](O)CN2C(=O)[C@@H](c2cc(OCCN3CCC(OC4CC(Oc5cc(N6C7CC[C@@H]6CN(c6cc(-c8ccccc8O)nnc6N)C7)ccn5)C4)CC3)no2)C(C)C)cc1F. The van der Waals surface area contributed by atoms with Gasteiger partial charge in [0.25, 0.3) is 5.88 Å². The number of carbonyl (C=O) groups excluding carboxylic acids is 2. The van der Waals surface area contributed by atoms with E-state index < -0.39 is 35.8 Å². The molecule has 5 N–H and O–H groups in total. The summed E-state index contributed by atoms with van der Waals surface area (Å²) in [5.74, 6) is -0.438. The Hall–Kier alpha value is -6.94. The number of nitrogens with two attached hydrogens (primary N) is 1. The van der Waals surface area contributed by atoms with Crippen LogP contribution in [0.5, 0.6) is 17.5 Å². The number of aliphatic hydroxyl groups is 1. The smallest absolute Gasteiger partial charge is 0.254 e. The van der Waals surface area contributed by atoms with E-state index in [0.717, 1.165) is 86.6 Å². The molecule has 19 nitrogen and oxygen atoms in total. The number of aromatic hydroxyl groups is 1. The zero-order valence-electron chi connectivity index (χ0n) is 44.4. The first-order valence-corrected chi connectivity index (χ1v) is 28.1. The molecule has 4 saturated heterocycles. The summed E-state index contributed by atoms with van der Waals surface area (Å²) in [5, 5.41) is 36.8. The number of para-hydroxylation sites is 1. The van der Waals surface area contributed by atoms with Crippen molar-refractivity contribution in [2.45, 2.75) is 127 Å². The highest BCUT2D eigenvalue weighted by atomic mass is 32.1. The molecule has 11 rings (SSSR count). The molecule has 1 saturated carbocycles. The molecule has 2 aromatic carbocycles. The predicted molar refractivity (Wildman–Crippen MR) is 292 cm³/mol. The molecule has 6 atom stereocenters. The number of phenolic OH excluding ortho intramolecular Hbond substituents is 1. The summed E-state index contributed by atoms with van der Waals surface area (Å²) in [4.78, 5) is 46.1. The summed E-state index contributed by atoms with van der Waals surface area (Å²) in [6, 6.07) is 18.8. The highest BCUT2D eigenvalue weighted by Crippen LogP contribution is 2.41. The van der Waals surface area contributed by atoms with Crippen molar-refractivity contribution in [1.82, 2.24) is 40.4 Å². The maximum atomic E-state index is 15.3. The fourth-order valence-electron chi connectivity index (χ4n) is 12.0. The Kier molecular flexibility index (Phi) is 15.5. The molecule has 412 valence electrons. The van der Waals surface area contributed by atoms with Gasteiger partial charge in [-0.2, -0.15) is 0 Å². The number of halogens is 1. The third kappa shape index (κ3) is 11.3. The molecule has 0 spiro atoms. The maximum Gasteiger partial charge on any atom is 0.254 e. The van der Waals surface area contributed by atoms with E-state index >= 15 is 4.39 Å². The van der Waals surface area contributed by atoms with Crippen LogP contribution in [0.3, 0.4) is 0 Å². The first kappa shape index (κ1) is 53.1. The quantitative estimate of drug-likeness (QED) is 0.0662. The number of piperazine rings is 1. The second-order valence-corrected chi connectivity index (χ2v) is 22.7. The van der Waals surface area contributed by atoms with Crippen LogP contribution in [-0.2, 0) is 14.3 Å². The second kappa shape index (κ2) is 22.8. The van der Waals surface area contributed by atoms with Gasteiger partial charge in [-0.15, -0.1) is 21.5 Å². The number of aryl methyl sites for hydroxylation is 1. The number of ether oxygens (including phenoxy) is 3. The zero-order valence-corrected chi connectivity index (χ0v) is 45.2. The lowest BCUT2D eigenvalue weighted by atomic mass is 9.91. The number of nitrogens with zero attached hydrogens (tertiary/aromatic N) is 9. The number of rotatable bonds is 18. The largest absolute Gasteiger partial charge is 0.507 e. The molecule has 5 aliphatic rings. The van der Waals surface area contributed by atoms with Crippen LogP contribution in [0, 0.1) is 18.7 Å². The van der Waals surface area contributed by atoms with Gasteiger partial charge in [-0.3, -0.25) is 14.5 Å². The topological polar surface area (TPSA) is 231 Å². The molecule has 4 aromatic heterocycles. The minimum atomic E-state index is -0.927. The lowest BCUT2D eigenvalue weighted by Gasteiger charge is -2.43. The van der Waals surface area contributed by atoms with E-state index in [-0.39, 0.29) is 66.8 Å². The number of phenols is 1. The normalized spacial score (nSPS) is 23.3. The highest BCUT2D eigenvalue weighted by Gasteiger charge is 2.45. The lowest BCUT2D eigenvalue weighted by molar-refractivity contribution is -0.141. The van der Waals surface area contributed by atoms with E-state index in [1.165, 1.54) is 22.3 Å². The highest BCUT2D eigenvalue weighted by molar-refractivity contribution is 7.13. The van der Waals surface area contributed by atoms with E-state index in [4.69, 9.17) is 24.5 Å². The summed E-state index contributed by atoms with van der Waals surface area (Å²) in [6.07, 6.45) is 6.98. The van der Waals surface area contributed by atoms with Crippen LogP contribution in [0.15, 0.2) is 83.0 Å². The number of carbonyl (C=O) groups is 2. The number of amides is 2. The van der Waals surface area contributed by atoms with Gasteiger partial charge in [-0.05, 0) is 86.5 Å². The Morgan fingerprint density at radius 1 is 0.897 bits per heavy atom. The summed E-state index contributed by atoms with van der Waals surface area (Å²) >= 11 is 1.37. The van der Waals surface area contributed by atoms with E-state index in [9.17, 15) is 19.8 Å². The van der Waals surface area contributed by atoms with Crippen molar-refractivity contribution in [2.24, 2.45) is 5.92 Å². The molecule has 2 bridgehead atoms. The molecular weight excluding hydrogens is 1020 g/mol. The van der Waals surface area contributed by atoms with Gasteiger partial charge in [0, 0.05) is 106 Å². The minimum Gasteiger partial charge on any atom is -0.507 e. The first-order chi connectivity index (χ1) is 37.7. The van der Waals surface area contributed by atoms with Crippen LogP contribution in [0.2, 0.25) is 0 Å². The number of anilines is 3. The van der Waals surface area contributed by atoms with E-state index in [1.807, 2.05) is 45.2 Å². The van der Waals surface area contributed by atoms with Crippen molar-refractivity contribution < 1.29 is 42.9 Å². The first-order valence-electron chi connectivity index (χ1n) is 27.3. The number of nitrogens with one attached hydrogen (secondary N) is 1. The third-order valence-electron chi connectivity index (χ3n) is 16.2. The second-order valence-electron chi connectivity index (χ2n) is 21.8. The standard InChI is InChI=1S/C57H68FN11O8S/c1-32(2)53(57(73)68-30-39(70)23-48(68)56(72)62-33(3)35-9-12-43(45(58)21-35)54-34(4)61-31-78-54)50-27-52(65-77-50)74-20-19-66-17-14-40(15-18-66)75-41-24-42(25-41)76-51-22-36(13-16-60-51)69-37-10-11-38(69)29-67(28-37)47-26-46(63-64-55(47)59)44-7-5-6-8-49(44)71/h5-9,12-13,16,21-22,26-27,31-33,37-42,48,53,70-71H,10-11,14-15,17-20,23-25,28-30H2,1-4H3,(H2,59,64)(H,62,72)/t33-,37+,38?,39+,41?,42?,48-,53+/m0/s1. The number of piperidine rings is 1. The molecule has 6 aromatic rings. The molecule has 2 amide bonds. The van der Waals surface area contributed by atoms with Crippen molar-refractivity contribution in [1.29, 1.82) is 0 Å². The minimum absolute atomic E-state index is 0.00804. The summed E-state index contributed by atoms with van der Waals surface area (Å²) in [5.41, 5.74) is 13.0. The van der Waals surface area contributed by atoms with Crippen LogP contribution < -0.4 is 30.3 Å². The fourth-order valence-corrected chi connectivity index (χ4v) is 12.8. The van der Waals surface area contributed by atoms with Gasteiger partial charge in [0.15, 0.2) is 11.6 Å². The molecule has 0 radical (unpaired) electrons. The van der Waals surface area contributed by atoms with Crippen LogP contribution in [-0.4, -0.2) is 146 Å². The van der Waals surface area contributed by atoms with Crippen LogP contribution in [0.25, 0.3) is 21.7 Å². The third-order valence-corrected chi connectivity index (χ3v) is 17.2. The number of thiazole rings is 1. The molecule has 4 aliphatic heterocycles. The number of benzene rings is 2. The molecular formula is C57H68FN11O8S. The van der Waals surface area contributed by atoms with Gasteiger partial charge in [0.05, 0.1) is 51.8 Å². The van der Waals surface area contributed by atoms with Crippen molar-refractivity contribution >= 4 is 40.3 Å². The monoisotopic (exact) mass is 1090 g/mol. The number of hydrogen-bond donors (Lipinski definition) is 4. The van der Waals surface area contributed by atoms with Gasteiger partial charge in [-0.25, -0.2) is 14.4 Å². The molecule has 21 heteroatoms. The van der Waals surface area contributed by atoms with Crippen LogP contribution >= 0.6 is 11.3 Å². The number of aliphatic hydroxyl groups excluding tert-OH is 1. The van der Waals surface area contributed by atoms with Crippen molar-refractivity contribution in [2.75, 3.05) is 61.4 Å². The number of hydrogen-bond acceptors (Lipinski definition) is 18. The van der Waals surface area contributed by atoms with Gasteiger partial charge >= 0.3 is 0 Å². The number of β-amino-alcohol motifs (C(OH)–C–C–N with tert-alkyl or cyclic N) is 1. The fraction of sp³-hybridized carbons (Fsp3) is 0.491.